The minimum Gasteiger partial charge on any atom is -0.355 e. The Kier molecular flexibility index (Phi) is 4.80. The van der Waals surface area contributed by atoms with Gasteiger partial charge in [0.1, 0.15) is 0 Å². The van der Waals surface area contributed by atoms with Crippen LogP contribution >= 0.6 is 0 Å². The molecule has 1 aromatic heterocycles. The summed E-state index contributed by atoms with van der Waals surface area (Å²) in [6, 6.07) is 33.6. The van der Waals surface area contributed by atoms with Crippen LogP contribution in [0.25, 0.3) is 16.8 Å². The maximum atomic E-state index is 12.8. The summed E-state index contributed by atoms with van der Waals surface area (Å²) in [6.45, 7) is 0. The SMILES string of the molecule is O=C(/C=C(/c1ccccc1)c1ccc(-c2ccccc2)[nH]1)c1ccccc1. The van der Waals surface area contributed by atoms with Gasteiger partial charge in [0, 0.05) is 22.5 Å². The number of H-pyrrole nitrogens is 1. The van der Waals surface area contributed by atoms with Crippen molar-refractivity contribution >= 4 is 11.4 Å². The second kappa shape index (κ2) is 7.71. The second-order valence-electron chi connectivity index (χ2n) is 6.31. The zero-order valence-corrected chi connectivity index (χ0v) is 14.8. The molecule has 0 fully saturated rings. The quantitative estimate of drug-likeness (QED) is 0.348. The Morgan fingerprint density at radius 3 is 1.81 bits per heavy atom. The van der Waals surface area contributed by atoms with Crippen LogP contribution in [0.5, 0.6) is 0 Å². The summed E-state index contributed by atoms with van der Waals surface area (Å²) in [5.41, 5.74) is 5.63. The van der Waals surface area contributed by atoms with Crippen molar-refractivity contribution in [3.8, 4) is 11.3 Å². The number of benzene rings is 3. The molecule has 0 aliphatic heterocycles. The highest BCUT2D eigenvalue weighted by Gasteiger charge is 2.11. The lowest BCUT2D eigenvalue weighted by Crippen LogP contribution is -1.98. The Balaban J connectivity index is 1.77. The molecule has 4 rings (SSSR count). The van der Waals surface area contributed by atoms with Crippen LogP contribution in [0.3, 0.4) is 0 Å². The molecule has 0 aliphatic rings. The Bertz CT molecular complexity index is 1060. The molecular formula is C25H19NO. The first kappa shape index (κ1) is 16.8. The molecule has 0 bridgehead atoms. The van der Waals surface area contributed by atoms with E-state index in [1.165, 1.54) is 0 Å². The first-order valence-corrected chi connectivity index (χ1v) is 8.92. The third-order valence-corrected chi connectivity index (χ3v) is 4.48. The summed E-state index contributed by atoms with van der Waals surface area (Å²) in [5.74, 6) is -0.00897. The molecule has 0 amide bonds. The maximum absolute atomic E-state index is 12.8. The Morgan fingerprint density at radius 1 is 0.630 bits per heavy atom. The Morgan fingerprint density at radius 2 is 1.19 bits per heavy atom. The number of allylic oxidation sites excluding steroid dienone is 1. The van der Waals surface area contributed by atoms with Gasteiger partial charge in [-0.2, -0.15) is 0 Å². The van der Waals surface area contributed by atoms with Crippen molar-refractivity contribution in [1.82, 2.24) is 4.98 Å². The van der Waals surface area contributed by atoms with Gasteiger partial charge in [-0.25, -0.2) is 0 Å². The average molecular weight is 349 g/mol. The highest BCUT2D eigenvalue weighted by atomic mass is 16.1. The van der Waals surface area contributed by atoms with Gasteiger partial charge >= 0.3 is 0 Å². The van der Waals surface area contributed by atoms with Crippen molar-refractivity contribution in [2.75, 3.05) is 0 Å². The number of carbonyl (C=O) groups is 1. The van der Waals surface area contributed by atoms with Gasteiger partial charge in [-0.1, -0.05) is 91.0 Å². The van der Waals surface area contributed by atoms with Gasteiger partial charge in [-0.05, 0) is 29.3 Å². The van der Waals surface area contributed by atoms with Crippen molar-refractivity contribution in [3.63, 3.8) is 0 Å². The molecule has 1 N–H and O–H groups in total. The molecule has 0 saturated heterocycles. The zero-order chi connectivity index (χ0) is 18.5. The molecule has 4 aromatic rings. The molecule has 0 radical (unpaired) electrons. The van der Waals surface area contributed by atoms with E-state index in [0.29, 0.717) is 5.56 Å². The van der Waals surface area contributed by atoms with Crippen LogP contribution in [0.2, 0.25) is 0 Å². The highest BCUT2D eigenvalue weighted by molar-refractivity contribution is 6.10. The summed E-state index contributed by atoms with van der Waals surface area (Å²) in [6.07, 6.45) is 1.71. The van der Waals surface area contributed by atoms with Crippen LogP contribution in [0.4, 0.5) is 0 Å². The van der Waals surface area contributed by atoms with E-state index in [4.69, 9.17) is 0 Å². The molecule has 0 aliphatic carbocycles. The van der Waals surface area contributed by atoms with Crippen molar-refractivity contribution in [1.29, 1.82) is 0 Å². The van der Waals surface area contributed by atoms with Crippen LogP contribution in [0.1, 0.15) is 21.6 Å². The summed E-state index contributed by atoms with van der Waals surface area (Å²) in [7, 11) is 0. The lowest BCUT2D eigenvalue weighted by atomic mass is 9.99. The van der Waals surface area contributed by atoms with Gasteiger partial charge in [-0.15, -0.1) is 0 Å². The van der Waals surface area contributed by atoms with Crippen molar-refractivity contribution in [2.45, 2.75) is 0 Å². The van der Waals surface area contributed by atoms with Gasteiger partial charge in [0.05, 0.1) is 0 Å². The number of aromatic nitrogens is 1. The molecule has 0 spiro atoms. The molecule has 2 heteroatoms. The van der Waals surface area contributed by atoms with E-state index < -0.39 is 0 Å². The Hall–Kier alpha value is -3.65. The number of rotatable bonds is 5. The van der Waals surface area contributed by atoms with E-state index in [2.05, 4.69) is 23.2 Å². The van der Waals surface area contributed by atoms with E-state index in [1.54, 1.807) is 6.08 Å². The van der Waals surface area contributed by atoms with Crippen molar-refractivity contribution in [3.05, 3.63) is 126 Å². The third kappa shape index (κ3) is 3.80. The molecule has 2 nitrogen and oxygen atoms in total. The highest BCUT2D eigenvalue weighted by Crippen LogP contribution is 2.27. The molecule has 3 aromatic carbocycles. The minimum atomic E-state index is -0.00897. The predicted octanol–water partition coefficient (Wildman–Crippen LogP) is 6.00. The van der Waals surface area contributed by atoms with Gasteiger partial charge in [-0.3, -0.25) is 4.79 Å². The van der Waals surface area contributed by atoms with E-state index in [9.17, 15) is 4.79 Å². The standard InChI is InChI=1S/C25H19NO/c27-25(21-14-8-3-9-15-21)18-22(19-10-4-1-5-11-19)24-17-16-23(26-24)20-12-6-2-7-13-20/h1-18,26H/b22-18-. The molecule has 0 unspecified atom stereocenters. The fraction of sp³-hybridized carbons (Fsp3) is 0. The third-order valence-electron chi connectivity index (χ3n) is 4.48. The second-order valence-corrected chi connectivity index (χ2v) is 6.31. The number of carbonyl (C=O) groups excluding carboxylic acids is 1. The van der Waals surface area contributed by atoms with Crippen LogP contribution in [-0.4, -0.2) is 10.8 Å². The van der Waals surface area contributed by atoms with E-state index in [-0.39, 0.29) is 5.78 Å². The van der Waals surface area contributed by atoms with E-state index in [0.717, 1.165) is 28.1 Å². The zero-order valence-electron chi connectivity index (χ0n) is 14.8. The van der Waals surface area contributed by atoms with E-state index in [1.807, 2.05) is 84.9 Å². The number of nitrogens with one attached hydrogen (secondary N) is 1. The first-order chi connectivity index (χ1) is 13.3. The summed E-state index contributed by atoms with van der Waals surface area (Å²) < 4.78 is 0. The minimum absolute atomic E-state index is 0.00897. The first-order valence-electron chi connectivity index (χ1n) is 8.92. The fourth-order valence-electron chi connectivity index (χ4n) is 3.09. The predicted molar refractivity (Wildman–Crippen MR) is 111 cm³/mol. The van der Waals surface area contributed by atoms with Crippen molar-refractivity contribution < 1.29 is 4.79 Å². The summed E-state index contributed by atoms with van der Waals surface area (Å²) >= 11 is 0. The van der Waals surface area contributed by atoms with Gasteiger partial charge in [0.2, 0.25) is 0 Å². The number of aromatic amines is 1. The molecule has 130 valence electrons. The van der Waals surface area contributed by atoms with Crippen LogP contribution in [0, 0.1) is 0 Å². The molecule has 0 atom stereocenters. The average Bonchev–Trinajstić information content (AvgIpc) is 3.24. The lowest BCUT2D eigenvalue weighted by molar-refractivity contribution is 0.104. The number of hydrogen-bond acceptors (Lipinski definition) is 1. The number of ketones is 1. The monoisotopic (exact) mass is 349 g/mol. The lowest BCUT2D eigenvalue weighted by Gasteiger charge is -2.07. The summed E-state index contributed by atoms with van der Waals surface area (Å²) in [5, 5.41) is 0. The largest absolute Gasteiger partial charge is 0.355 e. The van der Waals surface area contributed by atoms with Gasteiger partial charge in [0.25, 0.3) is 0 Å². The molecule has 0 saturated carbocycles. The van der Waals surface area contributed by atoms with Gasteiger partial charge in [0.15, 0.2) is 5.78 Å². The molecular weight excluding hydrogens is 330 g/mol. The smallest absolute Gasteiger partial charge is 0.186 e. The van der Waals surface area contributed by atoms with Crippen LogP contribution in [-0.2, 0) is 0 Å². The van der Waals surface area contributed by atoms with Crippen molar-refractivity contribution in [2.24, 2.45) is 0 Å². The molecule has 27 heavy (non-hydrogen) atoms. The summed E-state index contributed by atoms with van der Waals surface area (Å²) in [4.78, 5) is 16.3. The maximum Gasteiger partial charge on any atom is 0.186 e. The Labute approximate surface area is 158 Å². The molecule has 1 heterocycles. The van der Waals surface area contributed by atoms with Crippen LogP contribution < -0.4 is 0 Å². The normalized spacial score (nSPS) is 11.3. The number of hydrogen-bond donors (Lipinski definition) is 1. The van der Waals surface area contributed by atoms with Crippen LogP contribution in [0.15, 0.2) is 109 Å². The van der Waals surface area contributed by atoms with Gasteiger partial charge < -0.3 is 4.98 Å². The fourth-order valence-corrected chi connectivity index (χ4v) is 3.09. The van der Waals surface area contributed by atoms with E-state index >= 15 is 0 Å². The topological polar surface area (TPSA) is 32.9 Å².